The molecule has 92 valence electrons. The number of nitriles is 1. The molecule has 2 rings (SSSR count). The lowest BCUT2D eigenvalue weighted by atomic mass is 9.91. The molecule has 0 aromatic heterocycles. The summed E-state index contributed by atoms with van der Waals surface area (Å²) in [5.41, 5.74) is 0.817. The lowest BCUT2D eigenvalue weighted by Crippen LogP contribution is -2.44. The highest BCUT2D eigenvalue weighted by atomic mass is 16.2. The number of nitrogens with zero attached hydrogens (tertiary/aromatic N) is 2. The number of anilines is 1. The highest BCUT2D eigenvalue weighted by Gasteiger charge is 2.34. The summed E-state index contributed by atoms with van der Waals surface area (Å²) in [6.45, 7) is 0.638. The number of hydrogen-bond donors (Lipinski definition) is 0. The fourth-order valence-electron chi connectivity index (χ4n) is 2.24. The van der Waals surface area contributed by atoms with Crippen molar-refractivity contribution in [1.82, 2.24) is 0 Å². The lowest BCUT2D eigenvalue weighted by molar-refractivity contribution is -0.133. The molecule has 1 aromatic rings. The molecule has 1 aromatic carbocycles. The Morgan fingerprint density at radius 3 is 2.78 bits per heavy atom. The second-order valence-electron chi connectivity index (χ2n) is 4.32. The predicted octanol–water partition coefficient (Wildman–Crippen LogP) is 1.91. The van der Waals surface area contributed by atoms with Gasteiger partial charge in [-0.1, -0.05) is 18.2 Å². The van der Waals surface area contributed by atoms with Crippen LogP contribution in [0.1, 0.15) is 19.3 Å². The fraction of sp³-hybridized carbons (Fsp3) is 0.357. The zero-order chi connectivity index (χ0) is 13.0. The number of para-hydroxylation sites is 1. The van der Waals surface area contributed by atoms with Gasteiger partial charge in [-0.3, -0.25) is 9.59 Å². The number of amides is 1. The van der Waals surface area contributed by atoms with Gasteiger partial charge in [0.25, 0.3) is 0 Å². The number of rotatable bonds is 3. The monoisotopic (exact) mass is 242 g/mol. The Morgan fingerprint density at radius 2 is 2.11 bits per heavy atom. The van der Waals surface area contributed by atoms with Gasteiger partial charge in [0.2, 0.25) is 5.91 Å². The fourth-order valence-corrected chi connectivity index (χ4v) is 2.24. The van der Waals surface area contributed by atoms with Crippen LogP contribution in [0.4, 0.5) is 5.69 Å². The molecule has 0 saturated carbocycles. The smallest absolute Gasteiger partial charge is 0.237 e. The molecular formula is C14H14N2O2. The molecule has 0 spiro atoms. The van der Waals surface area contributed by atoms with Gasteiger partial charge in [-0.15, -0.1) is 0 Å². The second-order valence-corrected chi connectivity index (χ2v) is 4.32. The lowest BCUT2D eigenvalue weighted by Gasteiger charge is -2.31. The molecule has 1 fully saturated rings. The van der Waals surface area contributed by atoms with Gasteiger partial charge in [0.1, 0.15) is 0 Å². The number of ketones is 1. The number of carbonyl (C=O) groups is 2. The topological polar surface area (TPSA) is 61.2 Å². The van der Waals surface area contributed by atoms with Crippen molar-refractivity contribution in [2.75, 3.05) is 11.4 Å². The Labute approximate surface area is 106 Å². The van der Waals surface area contributed by atoms with Gasteiger partial charge in [0.05, 0.1) is 18.4 Å². The SMILES string of the molecule is N#CCC(=O)C1CCCN(c2ccccc2)C1=O. The van der Waals surface area contributed by atoms with E-state index in [1.807, 2.05) is 36.4 Å². The third-order valence-corrected chi connectivity index (χ3v) is 3.15. The molecule has 1 saturated heterocycles. The summed E-state index contributed by atoms with van der Waals surface area (Å²) in [6.07, 6.45) is 1.17. The number of hydrogen-bond acceptors (Lipinski definition) is 3. The Hall–Kier alpha value is -2.15. The van der Waals surface area contributed by atoms with Gasteiger partial charge in [0.15, 0.2) is 5.78 Å². The molecule has 0 aliphatic carbocycles. The van der Waals surface area contributed by atoms with Gasteiger partial charge in [-0.2, -0.15) is 5.26 Å². The first-order valence-electron chi connectivity index (χ1n) is 6.00. The third kappa shape index (κ3) is 2.40. The predicted molar refractivity (Wildman–Crippen MR) is 66.8 cm³/mol. The molecule has 1 atom stereocenters. The molecule has 1 amide bonds. The number of Topliss-reactive ketones (excluding diaryl/α,β-unsaturated/α-hetero) is 1. The Morgan fingerprint density at radius 1 is 1.39 bits per heavy atom. The standard InChI is InChI=1S/C14H14N2O2/c15-9-8-13(17)12-7-4-10-16(14(12)18)11-5-2-1-3-6-11/h1-3,5-6,12H,4,7-8,10H2. The maximum absolute atomic E-state index is 12.2. The van der Waals surface area contributed by atoms with E-state index >= 15 is 0 Å². The maximum Gasteiger partial charge on any atom is 0.237 e. The summed E-state index contributed by atoms with van der Waals surface area (Å²) >= 11 is 0. The normalized spacial score (nSPS) is 19.4. The molecule has 0 N–H and O–H groups in total. The van der Waals surface area contributed by atoms with E-state index in [-0.39, 0.29) is 18.1 Å². The van der Waals surface area contributed by atoms with E-state index in [0.717, 1.165) is 12.1 Å². The molecule has 18 heavy (non-hydrogen) atoms. The van der Waals surface area contributed by atoms with Crippen molar-refractivity contribution in [3.8, 4) is 6.07 Å². The molecule has 1 aliphatic rings. The van der Waals surface area contributed by atoms with Crippen LogP contribution in [0.2, 0.25) is 0 Å². The van der Waals surface area contributed by atoms with Crippen molar-refractivity contribution in [3.05, 3.63) is 30.3 Å². The second kappa shape index (κ2) is 5.46. The van der Waals surface area contributed by atoms with Gasteiger partial charge >= 0.3 is 0 Å². The van der Waals surface area contributed by atoms with Crippen LogP contribution in [0.3, 0.4) is 0 Å². The Bertz CT molecular complexity index is 490. The first-order valence-corrected chi connectivity index (χ1v) is 6.00. The minimum absolute atomic E-state index is 0.173. The third-order valence-electron chi connectivity index (χ3n) is 3.15. The summed E-state index contributed by atoms with van der Waals surface area (Å²) in [5.74, 6) is -1.07. The summed E-state index contributed by atoms with van der Waals surface area (Å²) in [6, 6.07) is 11.1. The quantitative estimate of drug-likeness (QED) is 0.761. The van der Waals surface area contributed by atoms with E-state index in [1.54, 1.807) is 4.90 Å². The molecule has 1 unspecified atom stereocenters. The molecule has 4 heteroatoms. The average Bonchev–Trinajstić information content (AvgIpc) is 2.40. The van der Waals surface area contributed by atoms with Crippen molar-refractivity contribution < 1.29 is 9.59 Å². The summed E-state index contributed by atoms with van der Waals surface area (Å²) < 4.78 is 0. The van der Waals surface area contributed by atoms with Gasteiger partial charge < -0.3 is 4.90 Å². The van der Waals surface area contributed by atoms with Crippen molar-refractivity contribution >= 4 is 17.4 Å². The van der Waals surface area contributed by atoms with Crippen LogP contribution < -0.4 is 4.90 Å². The number of benzene rings is 1. The van der Waals surface area contributed by atoms with E-state index in [4.69, 9.17) is 5.26 Å². The summed E-state index contributed by atoms with van der Waals surface area (Å²) in [5, 5.41) is 8.54. The zero-order valence-corrected chi connectivity index (χ0v) is 10.0. The molecular weight excluding hydrogens is 228 g/mol. The number of carbonyl (C=O) groups excluding carboxylic acids is 2. The van der Waals surface area contributed by atoms with Crippen LogP contribution in [0, 0.1) is 17.2 Å². The van der Waals surface area contributed by atoms with Crippen molar-refractivity contribution in [2.24, 2.45) is 5.92 Å². The van der Waals surface area contributed by atoms with Crippen molar-refractivity contribution in [2.45, 2.75) is 19.3 Å². The molecule has 0 radical (unpaired) electrons. The van der Waals surface area contributed by atoms with Crippen molar-refractivity contribution in [1.29, 1.82) is 5.26 Å². The largest absolute Gasteiger partial charge is 0.312 e. The van der Waals surface area contributed by atoms with E-state index < -0.39 is 5.92 Å². The van der Waals surface area contributed by atoms with Crippen LogP contribution in [0.15, 0.2) is 30.3 Å². The summed E-state index contributed by atoms with van der Waals surface area (Å²) in [7, 11) is 0. The van der Waals surface area contributed by atoms with Gasteiger partial charge in [0, 0.05) is 12.2 Å². The molecule has 1 heterocycles. The van der Waals surface area contributed by atoms with E-state index in [1.165, 1.54) is 0 Å². The van der Waals surface area contributed by atoms with Gasteiger partial charge in [-0.25, -0.2) is 0 Å². The average molecular weight is 242 g/mol. The zero-order valence-electron chi connectivity index (χ0n) is 10.0. The first-order chi connectivity index (χ1) is 8.74. The highest BCUT2D eigenvalue weighted by Crippen LogP contribution is 2.25. The highest BCUT2D eigenvalue weighted by molar-refractivity contribution is 6.09. The Balaban J connectivity index is 2.18. The van der Waals surface area contributed by atoms with Crippen LogP contribution >= 0.6 is 0 Å². The van der Waals surface area contributed by atoms with Crippen LogP contribution in [-0.4, -0.2) is 18.2 Å². The van der Waals surface area contributed by atoms with E-state index in [9.17, 15) is 9.59 Å². The van der Waals surface area contributed by atoms with Crippen molar-refractivity contribution in [3.63, 3.8) is 0 Å². The molecule has 1 aliphatic heterocycles. The maximum atomic E-state index is 12.2. The summed E-state index contributed by atoms with van der Waals surface area (Å²) in [4.78, 5) is 25.6. The van der Waals surface area contributed by atoms with Gasteiger partial charge in [-0.05, 0) is 25.0 Å². The number of piperidine rings is 1. The molecule has 4 nitrogen and oxygen atoms in total. The van der Waals surface area contributed by atoms with E-state index in [0.29, 0.717) is 13.0 Å². The minimum Gasteiger partial charge on any atom is -0.312 e. The Kier molecular flexibility index (Phi) is 3.73. The van der Waals surface area contributed by atoms with E-state index in [2.05, 4.69) is 0 Å². The van der Waals surface area contributed by atoms with Crippen LogP contribution in [0.25, 0.3) is 0 Å². The van der Waals surface area contributed by atoms with Crippen LogP contribution in [0.5, 0.6) is 0 Å². The first kappa shape index (κ1) is 12.3. The molecule has 0 bridgehead atoms. The minimum atomic E-state index is -0.640. The van der Waals surface area contributed by atoms with Crippen LogP contribution in [-0.2, 0) is 9.59 Å².